The molecule has 1 unspecified atom stereocenters. The van der Waals surface area contributed by atoms with E-state index in [1.807, 2.05) is 0 Å². The van der Waals surface area contributed by atoms with Gasteiger partial charge in [0.1, 0.15) is 0 Å². The summed E-state index contributed by atoms with van der Waals surface area (Å²) in [5.41, 5.74) is -1.04. The van der Waals surface area contributed by atoms with Crippen LogP contribution in [0.4, 0.5) is 18.9 Å². The number of alkyl halides is 3. The number of likely N-dealkylation sites (tertiary alicyclic amines) is 1. The number of carbonyl (C=O) groups is 1. The molecule has 0 bridgehead atoms. The lowest BCUT2D eigenvalue weighted by Crippen LogP contribution is -2.38. The quantitative estimate of drug-likeness (QED) is 0.863. The van der Waals surface area contributed by atoms with Crippen LogP contribution in [-0.4, -0.2) is 41.7 Å². The summed E-state index contributed by atoms with van der Waals surface area (Å²) < 4.78 is 38.7. The molecule has 4 nitrogen and oxygen atoms in total. The first kappa shape index (κ1) is 18.7. The second-order valence-electron chi connectivity index (χ2n) is 6.26. The number of rotatable bonds is 5. The Morgan fingerprint density at radius 2 is 1.96 bits per heavy atom. The van der Waals surface area contributed by atoms with Gasteiger partial charge in [-0.1, -0.05) is 12.1 Å². The van der Waals surface area contributed by atoms with Crippen LogP contribution < -0.4 is 5.32 Å². The van der Waals surface area contributed by atoms with Crippen LogP contribution in [0.2, 0.25) is 0 Å². The van der Waals surface area contributed by atoms with Crippen molar-refractivity contribution in [3.05, 3.63) is 29.8 Å². The van der Waals surface area contributed by atoms with Crippen LogP contribution in [0.15, 0.2) is 24.3 Å². The van der Waals surface area contributed by atoms with Gasteiger partial charge in [0.25, 0.3) is 0 Å². The fourth-order valence-corrected chi connectivity index (χ4v) is 2.97. The highest BCUT2D eigenvalue weighted by Gasteiger charge is 2.33. The third-order valence-corrected chi connectivity index (χ3v) is 4.48. The molecule has 24 heavy (non-hydrogen) atoms. The molecule has 0 aromatic heterocycles. The highest BCUT2D eigenvalue weighted by molar-refractivity contribution is 5.91. The van der Waals surface area contributed by atoms with Crippen molar-refractivity contribution in [2.24, 2.45) is 5.92 Å². The molecule has 0 saturated carbocycles. The Morgan fingerprint density at radius 1 is 1.33 bits per heavy atom. The van der Waals surface area contributed by atoms with E-state index >= 15 is 0 Å². The van der Waals surface area contributed by atoms with E-state index in [0.29, 0.717) is 6.54 Å². The van der Waals surface area contributed by atoms with Crippen LogP contribution in [0.1, 0.15) is 31.7 Å². The van der Waals surface area contributed by atoms with E-state index in [2.05, 4.69) is 10.2 Å². The van der Waals surface area contributed by atoms with Gasteiger partial charge >= 0.3 is 6.18 Å². The minimum atomic E-state index is -4.49. The lowest BCUT2D eigenvalue weighted by Gasteiger charge is -2.33. The van der Waals surface area contributed by atoms with Crippen LogP contribution in [0.5, 0.6) is 0 Å². The van der Waals surface area contributed by atoms with Crippen LogP contribution >= 0.6 is 0 Å². The topological polar surface area (TPSA) is 52.6 Å². The number of aliphatic hydroxyl groups excluding tert-OH is 1. The predicted octanol–water partition coefficient (Wildman–Crippen LogP) is 3.13. The highest BCUT2D eigenvalue weighted by Crippen LogP contribution is 2.34. The van der Waals surface area contributed by atoms with E-state index in [4.69, 9.17) is 0 Å². The van der Waals surface area contributed by atoms with Gasteiger partial charge in [-0.2, -0.15) is 13.2 Å². The first-order valence-electron chi connectivity index (χ1n) is 8.14. The number of amides is 1. The number of carbonyl (C=O) groups excluding carboxylic acids is 1. The van der Waals surface area contributed by atoms with Gasteiger partial charge in [0, 0.05) is 13.0 Å². The third kappa shape index (κ3) is 5.21. The molecule has 2 N–H and O–H groups in total. The Kier molecular flexibility index (Phi) is 6.23. The maximum absolute atomic E-state index is 12.9. The fourth-order valence-electron chi connectivity index (χ4n) is 2.97. The largest absolute Gasteiger partial charge is 0.418 e. The minimum absolute atomic E-state index is 0.144. The van der Waals surface area contributed by atoms with Crippen LogP contribution in [0.3, 0.4) is 0 Å². The monoisotopic (exact) mass is 344 g/mol. The van der Waals surface area contributed by atoms with Gasteiger partial charge < -0.3 is 15.3 Å². The van der Waals surface area contributed by atoms with Crippen LogP contribution in [-0.2, 0) is 11.0 Å². The molecule has 2 rings (SSSR count). The zero-order chi connectivity index (χ0) is 17.7. The molecule has 134 valence electrons. The van der Waals surface area contributed by atoms with Crippen LogP contribution in [0.25, 0.3) is 0 Å². The zero-order valence-corrected chi connectivity index (χ0v) is 13.6. The molecule has 7 heteroatoms. The molecule has 1 aliphatic heterocycles. The Hall–Kier alpha value is -1.60. The van der Waals surface area contributed by atoms with Gasteiger partial charge in [0.2, 0.25) is 5.91 Å². The second kappa shape index (κ2) is 7.98. The Bertz CT molecular complexity index is 553. The van der Waals surface area contributed by atoms with E-state index in [-0.39, 0.29) is 24.1 Å². The van der Waals surface area contributed by atoms with Crippen molar-refractivity contribution >= 4 is 11.6 Å². The summed E-state index contributed by atoms with van der Waals surface area (Å²) in [6, 6.07) is 4.97. The summed E-state index contributed by atoms with van der Waals surface area (Å²) in [4.78, 5) is 14.1. The number of anilines is 1. The minimum Gasteiger partial charge on any atom is -0.393 e. The highest BCUT2D eigenvalue weighted by atomic mass is 19.4. The van der Waals surface area contributed by atoms with Crippen molar-refractivity contribution < 1.29 is 23.1 Å². The first-order chi connectivity index (χ1) is 11.3. The number of halogens is 3. The SMILES string of the molecule is CC(O)C1CCN(CCC(=O)Nc2ccccc2C(F)(F)F)CC1. The van der Waals surface area contributed by atoms with E-state index in [1.54, 1.807) is 6.92 Å². The lowest BCUT2D eigenvalue weighted by atomic mass is 9.92. The molecule has 0 radical (unpaired) electrons. The number of hydrogen-bond acceptors (Lipinski definition) is 3. The van der Waals surface area contributed by atoms with Crippen molar-refractivity contribution in [2.45, 2.75) is 38.5 Å². The molecule has 1 heterocycles. The van der Waals surface area contributed by atoms with Crippen molar-refractivity contribution in [2.75, 3.05) is 25.0 Å². The molecule has 1 atom stereocenters. The molecule has 1 aromatic rings. The number of hydrogen-bond donors (Lipinski definition) is 2. The number of para-hydroxylation sites is 1. The number of benzene rings is 1. The molecule has 1 aliphatic rings. The van der Waals surface area contributed by atoms with Gasteiger partial charge in [0.05, 0.1) is 17.4 Å². The summed E-state index contributed by atoms with van der Waals surface area (Å²) in [6.07, 6.45) is -2.93. The average Bonchev–Trinajstić information content (AvgIpc) is 2.53. The molecule has 1 aromatic carbocycles. The van der Waals surface area contributed by atoms with E-state index in [0.717, 1.165) is 32.0 Å². The summed E-state index contributed by atoms with van der Waals surface area (Å²) >= 11 is 0. The third-order valence-electron chi connectivity index (χ3n) is 4.48. The predicted molar refractivity (Wildman–Crippen MR) is 85.5 cm³/mol. The maximum atomic E-state index is 12.9. The van der Waals surface area contributed by atoms with Crippen molar-refractivity contribution in [1.82, 2.24) is 4.90 Å². The summed E-state index contributed by atoms with van der Waals surface area (Å²) in [6.45, 7) is 3.88. The zero-order valence-electron chi connectivity index (χ0n) is 13.6. The number of aliphatic hydroxyl groups is 1. The fraction of sp³-hybridized carbons (Fsp3) is 0.588. The maximum Gasteiger partial charge on any atom is 0.418 e. The van der Waals surface area contributed by atoms with E-state index < -0.39 is 17.6 Å². The molecule has 1 fully saturated rings. The molecular weight excluding hydrogens is 321 g/mol. The van der Waals surface area contributed by atoms with Crippen LogP contribution in [0, 0.1) is 5.92 Å². The van der Waals surface area contributed by atoms with Gasteiger partial charge in [-0.15, -0.1) is 0 Å². The van der Waals surface area contributed by atoms with Gasteiger partial charge in [-0.25, -0.2) is 0 Å². The lowest BCUT2D eigenvalue weighted by molar-refractivity contribution is -0.137. The number of nitrogens with one attached hydrogen (secondary N) is 1. The van der Waals surface area contributed by atoms with Crippen molar-refractivity contribution in [3.63, 3.8) is 0 Å². The number of piperidine rings is 1. The van der Waals surface area contributed by atoms with Crippen molar-refractivity contribution in [3.8, 4) is 0 Å². The van der Waals surface area contributed by atoms with Gasteiger partial charge in [-0.3, -0.25) is 4.79 Å². The average molecular weight is 344 g/mol. The summed E-state index contributed by atoms with van der Waals surface area (Å²) in [5, 5.41) is 11.9. The molecule has 0 aliphatic carbocycles. The standard InChI is InChI=1S/C17H23F3N2O2/c1-12(23)13-6-9-22(10-7-13)11-8-16(24)21-15-5-3-2-4-14(15)17(18,19)20/h2-5,12-13,23H,6-11H2,1H3,(H,21,24). The number of nitrogens with zero attached hydrogens (tertiary/aromatic N) is 1. The summed E-state index contributed by atoms with van der Waals surface area (Å²) in [7, 11) is 0. The second-order valence-corrected chi connectivity index (χ2v) is 6.26. The van der Waals surface area contributed by atoms with Crippen molar-refractivity contribution in [1.29, 1.82) is 0 Å². The van der Waals surface area contributed by atoms with E-state index in [1.165, 1.54) is 18.2 Å². The molecule has 0 spiro atoms. The Balaban J connectivity index is 1.83. The van der Waals surface area contributed by atoms with E-state index in [9.17, 15) is 23.1 Å². The summed E-state index contributed by atoms with van der Waals surface area (Å²) in [5.74, 6) is -0.141. The smallest absolute Gasteiger partial charge is 0.393 e. The van der Waals surface area contributed by atoms with Gasteiger partial charge in [0.15, 0.2) is 0 Å². The molecule has 1 amide bonds. The van der Waals surface area contributed by atoms with Gasteiger partial charge in [-0.05, 0) is 50.9 Å². The molecule has 1 saturated heterocycles. The Morgan fingerprint density at radius 3 is 2.54 bits per heavy atom. The first-order valence-corrected chi connectivity index (χ1v) is 8.14. The Labute approximate surface area is 139 Å². The normalized spacial score (nSPS) is 18.4. The molecular formula is C17H23F3N2O2.